The van der Waals surface area contributed by atoms with E-state index in [1.165, 1.54) is 16.3 Å². The molecule has 3 rings (SSSR count). The van der Waals surface area contributed by atoms with Gasteiger partial charge in [0.25, 0.3) is 0 Å². The molecule has 0 aliphatic heterocycles. The third-order valence-corrected chi connectivity index (χ3v) is 3.78. The number of hydrogen-bond donors (Lipinski definition) is 2. The molecular weight excluding hydrogens is 312 g/mol. The molecular formula is C17H15BrN2. The van der Waals surface area contributed by atoms with E-state index in [0.717, 1.165) is 21.5 Å². The van der Waals surface area contributed by atoms with E-state index in [-0.39, 0.29) is 0 Å². The van der Waals surface area contributed by atoms with E-state index >= 15 is 0 Å². The molecule has 3 aromatic rings. The Bertz CT molecular complexity index is 781. The van der Waals surface area contributed by atoms with E-state index < -0.39 is 0 Å². The summed E-state index contributed by atoms with van der Waals surface area (Å²) < 4.78 is 1.09. The van der Waals surface area contributed by atoms with Crippen LogP contribution in [0.1, 0.15) is 5.56 Å². The molecule has 0 saturated heterocycles. The first-order valence-electron chi connectivity index (χ1n) is 6.44. The smallest absolute Gasteiger partial charge is 0.0620 e. The van der Waals surface area contributed by atoms with E-state index in [0.29, 0.717) is 0 Å². The van der Waals surface area contributed by atoms with Gasteiger partial charge >= 0.3 is 0 Å². The highest BCUT2D eigenvalue weighted by molar-refractivity contribution is 9.10. The lowest BCUT2D eigenvalue weighted by molar-refractivity contribution is 1.45. The summed E-state index contributed by atoms with van der Waals surface area (Å²) in [5.41, 5.74) is 9.93. The zero-order chi connectivity index (χ0) is 14.1. The SMILES string of the molecule is Cc1ccc(N)c(Nc2ccc3cc(Br)ccc3c2)c1. The average molecular weight is 327 g/mol. The number of nitrogen functional groups attached to an aromatic ring is 1. The normalized spacial score (nSPS) is 10.7. The Balaban J connectivity index is 1.98. The zero-order valence-electron chi connectivity index (χ0n) is 11.2. The predicted molar refractivity (Wildman–Crippen MR) is 90.5 cm³/mol. The van der Waals surface area contributed by atoms with Gasteiger partial charge in [-0.25, -0.2) is 0 Å². The van der Waals surface area contributed by atoms with Gasteiger partial charge < -0.3 is 11.1 Å². The molecule has 0 radical (unpaired) electrons. The maximum absolute atomic E-state index is 6.00. The second-order valence-electron chi connectivity index (χ2n) is 4.92. The molecule has 0 bridgehead atoms. The van der Waals surface area contributed by atoms with Gasteiger partial charge in [-0.1, -0.05) is 34.1 Å². The van der Waals surface area contributed by atoms with Crippen molar-refractivity contribution >= 4 is 43.8 Å². The summed E-state index contributed by atoms with van der Waals surface area (Å²) >= 11 is 3.49. The lowest BCUT2D eigenvalue weighted by Gasteiger charge is -2.11. The highest BCUT2D eigenvalue weighted by Gasteiger charge is 2.02. The lowest BCUT2D eigenvalue weighted by atomic mass is 10.1. The summed E-state index contributed by atoms with van der Waals surface area (Å²) in [5.74, 6) is 0. The highest BCUT2D eigenvalue weighted by atomic mass is 79.9. The highest BCUT2D eigenvalue weighted by Crippen LogP contribution is 2.27. The lowest BCUT2D eigenvalue weighted by Crippen LogP contribution is -1.96. The molecule has 0 saturated carbocycles. The van der Waals surface area contributed by atoms with E-state index in [1.54, 1.807) is 0 Å². The molecule has 0 aliphatic rings. The van der Waals surface area contributed by atoms with Crippen molar-refractivity contribution < 1.29 is 0 Å². The number of rotatable bonds is 2. The van der Waals surface area contributed by atoms with E-state index in [2.05, 4.69) is 64.6 Å². The quantitative estimate of drug-likeness (QED) is 0.632. The predicted octanol–water partition coefficient (Wildman–Crippen LogP) is 5.24. The first-order chi connectivity index (χ1) is 9.61. The standard InChI is InChI=1S/C17H15BrN2/c1-11-2-7-16(19)17(8-11)20-15-6-4-12-9-14(18)5-3-13(12)10-15/h2-10,20H,19H2,1H3. The van der Waals surface area contributed by atoms with Crippen molar-refractivity contribution in [3.8, 4) is 0 Å². The Morgan fingerprint density at radius 3 is 2.50 bits per heavy atom. The van der Waals surface area contributed by atoms with Crippen LogP contribution in [0.4, 0.5) is 17.1 Å². The topological polar surface area (TPSA) is 38.0 Å². The van der Waals surface area contributed by atoms with Crippen molar-refractivity contribution in [2.24, 2.45) is 0 Å². The molecule has 100 valence electrons. The Morgan fingerprint density at radius 2 is 1.65 bits per heavy atom. The molecule has 3 N–H and O–H groups in total. The molecule has 0 heterocycles. The number of fused-ring (bicyclic) bond motifs is 1. The van der Waals surface area contributed by atoms with Crippen molar-refractivity contribution in [1.82, 2.24) is 0 Å². The van der Waals surface area contributed by atoms with Crippen molar-refractivity contribution in [3.63, 3.8) is 0 Å². The zero-order valence-corrected chi connectivity index (χ0v) is 12.7. The molecule has 3 heteroatoms. The number of hydrogen-bond acceptors (Lipinski definition) is 2. The van der Waals surface area contributed by atoms with Crippen LogP contribution in [0.15, 0.2) is 59.1 Å². The van der Waals surface area contributed by atoms with Crippen molar-refractivity contribution in [1.29, 1.82) is 0 Å². The van der Waals surface area contributed by atoms with Gasteiger partial charge in [-0.2, -0.15) is 0 Å². The average Bonchev–Trinajstić information content (AvgIpc) is 2.43. The minimum atomic E-state index is 0.756. The van der Waals surface area contributed by atoms with Crippen LogP contribution in [-0.2, 0) is 0 Å². The molecule has 0 atom stereocenters. The molecule has 20 heavy (non-hydrogen) atoms. The Labute approximate surface area is 126 Å². The summed E-state index contributed by atoms with van der Waals surface area (Å²) in [6.07, 6.45) is 0. The number of aryl methyl sites for hydroxylation is 1. The second-order valence-corrected chi connectivity index (χ2v) is 5.84. The summed E-state index contributed by atoms with van der Waals surface area (Å²) in [7, 11) is 0. The number of nitrogens with two attached hydrogens (primary N) is 1. The van der Waals surface area contributed by atoms with Crippen LogP contribution in [-0.4, -0.2) is 0 Å². The number of benzene rings is 3. The monoisotopic (exact) mass is 326 g/mol. The third-order valence-electron chi connectivity index (χ3n) is 3.29. The van der Waals surface area contributed by atoms with Gasteiger partial charge in [0.1, 0.15) is 0 Å². The van der Waals surface area contributed by atoms with Crippen molar-refractivity contribution in [2.75, 3.05) is 11.1 Å². The van der Waals surface area contributed by atoms with Gasteiger partial charge in [0.15, 0.2) is 0 Å². The van der Waals surface area contributed by atoms with Gasteiger partial charge in [0, 0.05) is 10.2 Å². The summed E-state index contributed by atoms with van der Waals surface area (Å²) in [6.45, 7) is 2.06. The van der Waals surface area contributed by atoms with E-state index in [1.807, 2.05) is 18.2 Å². The van der Waals surface area contributed by atoms with Crippen LogP contribution in [0, 0.1) is 6.92 Å². The Morgan fingerprint density at radius 1 is 0.900 bits per heavy atom. The van der Waals surface area contributed by atoms with Gasteiger partial charge in [-0.15, -0.1) is 0 Å². The van der Waals surface area contributed by atoms with Crippen molar-refractivity contribution in [3.05, 3.63) is 64.6 Å². The van der Waals surface area contributed by atoms with Crippen LogP contribution in [0.2, 0.25) is 0 Å². The second kappa shape index (κ2) is 5.17. The number of nitrogens with one attached hydrogen (secondary N) is 1. The summed E-state index contributed by atoms with van der Waals surface area (Å²) in [5, 5.41) is 5.79. The Hall–Kier alpha value is -2.00. The molecule has 2 nitrogen and oxygen atoms in total. The number of halogens is 1. The van der Waals surface area contributed by atoms with E-state index in [9.17, 15) is 0 Å². The van der Waals surface area contributed by atoms with Crippen LogP contribution in [0.5, 0.6) is 0 Å². The van der Waals surface area contributed by atoms with Gasteiger partial charge in [0.2, 0.25) is 0 Å². The summed E-state index contributed by atoms with van der Waals surface area (Å²) in [6, 6.07) is 18.6. The molecule has 0 unspecified atom stereocenters. The van der Waals surface area contributed by atoms with Gasteiger partial charge in [0.05, 0.1) is 11.4 Å². The van der Waals surface area contributed by atoms with E-state index in [4.69, 9.17) is 5.73 Å². The molecule has 0 fully saturated rings. The van der Waals surface area contributed by atoms with Crippen LogP contribution >= 0.6 is 15.9 Å². The fourth-order valence-electron chi connectivity index (χ4n) is 2.23. The Kier molecular flexibility index (Phi) is 3.36. The molecule has 0 spiro atoms. The fourth-order valence-corrected chi connectivity index (χ4v) is 2.61. The first-order valence-corrected chi connectivity index (χ1v) is 7.23. The largest absolute Gasteiger partial charge is 0.397 e. The van der Waals surface area contributed by atoms with Gasteiger partial charge in [-0.3, -0.25) is 0 Å². The van der Waals surface area contributed by atoms with Gasteiger partial charge in [-0.05, 0) is 59.7 Å². The maximum Gasteiger partial charge on any atom is 0.0620 e. The summed E-state index contributed by atoms with van der Waals surface area (Å²) in [4.78, 5) is 0. The molecule has 0 aliphatic carbocycles. The molecule has 0 aromatic heterocycles. The molecule has 0 amide bonds. The van der Waals surface area contributed by atoms with Crippen LogP contribution in [0.3, 0.4) is 0 Å². The van der Waals surface area contributed by atoms with Crippen LogP contribution in [0.25, 0.3) is 10.8 Å². The molecule has 3 aromatic carbocycles. The van der Waals surface area contributed by atoms with Crippen LogP contribution < -0.4 is 11.1 Å². The first kappa shape index (κ1) is 13.0. The number of anilines is 3. The van der Waals surface area contributed by atoms with Crippen molar-refractivity contribution in [2.45, 2.75) is 6.92 Å². The third kappa shape index (κ3) is 2.63. The fraction of sp³-hybridized carbons (Fsp3) is 0.0588. The minimum absolute atomic E-state index is 0.756. The minimum Gasteiger partial charge on any atom is -0.397 e. The maximum atomic E-state index is 6.00.